The SMILES string of the molecule is CC(C)(C)OC(=O)NCCC(C(=O)O)c1cn[nH]c1. The van der Waals surface area contributed by atoms with Crippen LogP contribution in [0.15, 0.2) is 12.4 Å². The summed E-state index contributed by atoms with van der Waals surface area (Å²) in [6, 6.07) is 0. The van der Waals surface area contributed by atoms with Crippen molar-refractivity contribution in [3.05, 3.63) is 18.0 Å². The third-order valence-electron chi connectivity index (χ3n) is 2.32. The average Bonchev–Trinajstić information content (AvgIpc) is 2.74. The van der Waals surface area contributed by atoms with Crippen LogP contribution in [0.1, 0.15) is 38.7 Å². The number of rotatable bonds is 5. The van der Waals surface area contributed by atoms with Gasteiger partial charge in [0.1, 0.15) is 5.60 Å². The quantitative estimate of drug-likeness (QED) is 0.751. The van der Waals surface area contributed by atoms with Gasteiger partial charge in [0.15, 0.2) is 0 Å². The highest BCUT2D eigenvalue weighted by Gasteiger charge is 2.21. The fourth-order valence-electron chi connectivity index (χ4n) is 1.52. The normalized spacial score (nSPS) is 12.8. The number of alkyl carbamates (subject to hydrolysis) is 1. The van der Waals surface area contributed by atoms with Crippen molar-refractivity contribution >= 4 is 12.1 Å². The van der Waals surface area contributed by atoms with Gasteiger partial charge in [-0.3, -0.25) is 9.89 Å². The number of carboxylic acid groups (broad SMARTS) is 1. The molecule has 1 rings (SSSR count). The highest BCUT2D eigenvalue weighted by Crippen LogP contribution is 2.18. The van der Waals surface area contributed by atoms with E-state index in [0.717, 1.165) is 0 Å². The third kappa shape index (κ3) is 5.41. The van der Waals surface area contributed by atoms with Gasteiger partial charge in [0.25, 0.3) is 0 Å². The van der Waals surface area contributed by atoms with E-state index >= 15 is 0 Å². The highest BCUT2D eigenvalue weighted by atomic mass is 16.6. The number of ether oxygens (including phenoxy) is 1. The maximum absolute atomic E-state index is 11.4. The molecule has 0 aliphatic rings. The number of H-pyrrole nitrogens is 1. The largest absolute Gasteiger partial charge is 0.481 e. The Kier molecular flexibility index (Phi) is 4.91. The number of nitrogens with zero attached hydrogens (tertiary/aromatic N) is 1. The molecule has 19 heavy (non-hydrogen) atoms. The Bertz CT molecular complexity index is 423. The molecule has 106 valence electrons. The minimum Gasteiger partial charge on any atom is -0.481 e. The summed E-state index contributed by atoms with van der Waals surface area (Å²) in [6.45, 7) is 5.51. The minimum atomic E-state index is -0.951. The van der Waals surface area contributed by atoms with Crippen LogP contribution >= 0.6 is 0 Å². The number of hydrogen-bond acceptors (Lipinski definition) is 4. The lowest BCUT2D eigenvalue weighted by molar-refractivity contribution is -0.139. The van der Waals surface area contributed by atoms with Crippen LogP contribution < -0.4 is 5.32 Å². The molecule has 1 heterocycles. The number of aromatic nitrogens is 2. The van der Waals surface area contributed by atoms with Gasteiger partial charge in [-0.15, -0.1) is 0 Å². The summed E-state index contributed by atoms with van der Waals surface area (Å²) in [5.74, 6) is -1.65. The molecule has 7 nitrogen and oxygen atoms in total. The molecule has 1 unspecified atom stereocenters. The van der Waals surface area contributed by atoms with E-state index in [4.69, 9.17) is 9.84 Å². The van der Waals surface area contributed by atoms with Crippen LogP contribution in [0.2, 0.25) is 0 Å². The Morgan fingerprint density at radius 1 is 1.53 bits per heavy atom. The molecule has 0 bridgehead atoms. The van der Waals surface area contributed by atoms with E-state index < -0.39 is 23.6 Å². The number of nitrogens with one attached hydrogen (secondary N) is 2. The zero-order valence-electron chi connectivity index (χ0n) is 11.3. The zero-order valence-corrected chi connectivity index (χ0v) is 11.3. The van der Waals surface area contributed by atoms with Gasteiger partial charge in [-0.05, 0) is 27.2 Å². The lowest BCUT2D eigenvalue weighted by atomic mass is 9.99. The summed E-state index contributed by atoms with van der Waals surface area (Å²) >= 11 is 0. The molecule has 0 aromatic carbocycles. The Hall–Kier alpha value is -2.05. The van der Waals surface area contributed by atoms with Crippen LogP contribution in [0.3, 0.4) is 0 Å². The summed E-state index contributed by atoms with van der Waals surface area (Å²) < 4.78 is 5.05. The summed E-state index contributed by atoms with van der Waals surface area (Å²) in [6.07, 6.45) is 2.72. The van der Waals surface area contributed by atoms with Gasteiger partial charge >= 0.3 is 12.1 Å². The van der Waals surface area contributed by atoms with Gasteiger partial charge in [-0.25, -0.2) is 4.79 Å². The van der Waals surface area contributed by atoms with Crippen molar-refractivity contribution in [3.8, 4) is 0 Å². The fraction of sp³-hybridized carbons (Fsp3) is 0.583. The first kappa shape index (κ1) is 15.0. The van der Waals surface area contributed by atoms with Crippen molar-refractivity contribution in [2.45, 2.75) is 38.7 Å². The van der Waals surface area contributed by atoms with Crippen molar-refractivity contribution < 1.29 is 19.4 Å². The molecular weight excluding hydrogens is 250 g/mol. The molecular formula is C12H19N3O4. The number of carbonyl (C=O) groups is 2. The van der Waals surface area contributed by atoms with Crippen LogP contribution in [0.4, 0.5) is 4.79 Å². The van der Waals surface area contributed by atoms with Gasteiger partial charge in [-0.1, -0.05) is 0 Å². The second-order valence-electron chi connectivity index (χ2n) is 5.14. The van der Waals surface area contributed by atoms with Gasteiger partial charge in [-0.2, -0.15) is 5.10 Å². The van der Waals surface area contributed by atoms with Gasteiger partial charge in [0.2, 0.25) is 0 Å². The number of carboxylic acids is 1. The predicted octanol–water partition coefficient (Wildman–Crippen LogP) is 1.49. The summed E-state index contributed by atoms with van der Waals surface area (Å²) in [4.78, 5) is 22.5. The third-order valence-corrected chi connectivity index (χ3v) is 2.32. The van der Waals surface area contributed by atoms with E-state index in [1.807, 2.05) is 0 Å². The molecule has 0 saturated heterocycles. The van der Waals surface area contributed by atoms with Crippen molar-refractivity contribution in [1.82, 2.24) is 15.5 Å². The van der Waals surface area contributed by atoms with E-state index in [2.05, 4.69) is 15.5 Å². The summed E-state index contributed by atoms with van der Waals surface area (Å²) in [5.41, 5.74) is 0.0133. The molecule has 0 fully saturated rings. The van der Waals surface area contributed by atoms with E-state index in [9.17, 15) is 9.59 Å². The van der Waals surface area contributed by atoms with Crippen molar-refractivity contribution in [1.29, 1.82) is 0 Å². The standard InChI is InChI=1S/C12H19N3O4/c1-12(2,3)19-11(18)13-5-4-9(10(16)17)8-6-14-15-7-8/h6-7,9H,4-5H2,1-3H3,(H,13,18)(H,14,15)(H,16,17). The summed E-state index contributed by atoms with van der Waals surface area (Å²) in [7, 11) is 0. The Morgan fingerprint density at radius 3 is 2.68 bits per heavy atom. The van der Waals surface area contributed by atoms with Crippen molar-refractivity contribution in [2.75, 3.05) is 6.54 Å². The molecule has 7 heteroatoms. The number of carbonyl (C=O) groups excluding carboxylic acids is 1. The van der Waals surface area contributed by atoms with E-state index in [1.165, 1.54) is 12.4 Å². The first-order valence-electron chi connectivity index (χ1n) is 5.98. The molecule has 1 aromatic heterocycles. The monoisotopic (exact) mass is 269 g/mol. The first-order chi connectivity index (χ1) is 8.79. The van der Waals surface area contributed by atoms with Crippen molar-refractivity contribution in [2.24, 2.45) is 0 Å². The minimum absolute atomic E-state index is 0.219. The van der Waals surface area contributed by atoms with Crippen LogP contribution in [0.25, 0.3) is 0 Å². The molecule has 0 radical (unpaired) electrons. The first-order valence-corrected chi connectivity index (χ1v) is 5.98. The highest BCUT2D eigenvalue weighted by molar-refractivity contribution is 5.76. The van der Waals surface area contributed by atoms with Gasteiger partial charge in [0, 0.05) is 18.3 Å². The molecule has 0 spiro atoms. The van der Waals surface area contributed by atoms with Crippen LogP contribution in [-0.4, -0.2) is 39.5 Å². The summed E-state index contributed by atoms with van der Waals surface area (Å²) in [5, 5.41) is 17.9. The molecule has 0 aliphatic heterocycles. The number of aromatic amines is 1. The van der Waals surface area contributed by atoms with E-state index in [-0.39, 0.29) is 13.0 Å². The molecule has 3 N–H and O–H groups in total. The lowest BCUT2D eigenvalue weighted by Crippen LogP contribution is -2.33. The number of aliphatic carboxylic acids is 1. The van der Waals surface area contributed by atoms with Gasteiger partial charge < -0.3 is 15.2 Å². The van der Waals surface area contributed by atoms with Crippen molar-refractivity contribution in [3.63, 3.8) is 0 Å². The number of amides is 1. The van der Waals surface area contributed by atoms with Crippen LogP contribution in [-0.2, 0) is 9.53 Å². The molecule has 1 atom stereocenters. The second-order valence-corrected chi connectivity index (χ2v) is 5.14. The van der Waals surface area contributed by atoms with Crippen LogP contribution in [0, 0.1) is 0 Å². The fourth-order valence-corrected chi connectivity index (χ4v) is 1.52. The maximum atomic E-state index is 11.4. The Balaban J connectivity index is 2.42. The Morgan fingerprint density at radius 2 is 2.21 bits per heavy atom. The lowest BCUT2D eigenvalue weighted by Gasteiger charge is -2.20. The van der Waals surface area contributed by atoms with Gasteiger partial charge in [0.05, 0.1) is 12.1 Å². The topological polar surface area (TPSA) is 104 Å². The average molecular weight is 269 g/mol. The number of hydrogen-bond donors (Lipinski definition) is 3. The maximum Gasteiger partial charge on any atom is 0.407 e. The van der Waals surface area contributed by atoms with Crippen LogP contribution in [0.5, 0.6) is 0 Å². The predicted molar refractivity (Wildman–Crippen MR) is 67.8 cm³/mol. The molecule has 1 aromatic rings. The van der Waals surface area contributed by atoms with E-state index in [1.54, 1.807) is 20.8 Å². The molecule has 1 amide bonds. The smallest absolute Gasteiger partial charge is 0.407 e. The Labute approximate surface area is 111 Å². The zero-order chi connectivity index (χ0) is 14.5. The molecule has 0 aliphatic carbocycles. The molecule has 0 saturated carbocycles. The second kappa shape index (κ2) is 6.21. The van der Waals surface area contributed by atoms with E-state index in [0.29, 0.717) is 5.56 Å².